The van der Waals surface area contributed by atoms with Gasteiger partial charge in [0.1, 0.15) is 17.2 Å². The third-order valence-corrected chi connectivity index (χ3v) is 4.57. The molecule has 0 radical (unpaired) electrons. The molecule has 0 amide bonds. The molecule has 2 rings (SSSR count). The minimum Gasteiger partial charge on any atom is -0.496 e. The molecule has 6 nitrogen and oxygen atoms in total. The molecule has 152 valence electrons. The van der Waals surface area contributed by atoms with E-state index in [2.05, 4.69) is 46.8 Å². The van der Waals surface area contributed by atoms with Gasteiger partial charge in [0.15, 0.2) is 5.96 Å². The van der Waals surface area contributed by atoms with E-state index in [1.807, 2.05) is 18.2 Å². The van der Waals surface area contributed by atoms with Crippen molar-refractivity contribution >= 4 is 5.96 Å². The van der Waals surface area contributed by atoms with Gasteiger partial charge < -0.3 is 24.8 Å². The summed E-state index contributed by atoms with van der Waals surface area (Å²) in [5.74, 6) is 2.84. The van der Waals surface area contributed by atoms with Gasteiger partial charge in [0.25, 0.3) is 0 Å². The Labute approximate surface area is 167 Å². The number of hydrogen-bond acceptors (Lipinski definition) is 4. The molecule has 2 aromatic carbocycles. The van der Waals surface area contributed by atoms with Gasteiger partial charge in [-0.15, -0.1) is 0 Å². The largest absolute Gasteiger partial charge is 0.496 e. The van der Waals surface area contributed by atoms with E-state index in [4.69, 9.17) is 14.2 Å². The number of benzene rings is 2. The van der Waals surface area contributed by atoms with Crippen molar-refractivity contribution in [3.63, 3.8) is 0 Å². The smallest absolute Gasteiger partial charge is 0.191 e. The van der Waals surface area contributed by atoms with E-state index in [0.717, 1.165) is 24.4 Å². The lowest BCUT2D eigenvalue weighted by atomic mass is 10.1. The third kappa shape index (κ3) is 6.08. The molecule has 0 saturated carbocycles. The number of methoxy groups -OCH3 is 3. The van der Waals surface area contributed by atoms with Crippen molar-refractivity contribution in [2.24, 2.45) is 4.99 Å². The molecule has 2 N–H and O–H groups in total. The molecule has 1 unspecified atom stereocenters. The minimum absolute atomic E-state index is 0.283. The molecule has 0 aliphatic rings. The van der Waals surface area contributed by atoms with Gasteiger partial charge in [-0.3, -0.25) is 4.99 Å². The second-order valence-corrected chi connectivity index (χ2v) is 6.51. The summed E-state index contributed by atoms with van der Waals surface area (Å²) >= 11 is 0. The summed E-state index contributed by atoms with van der Waals surface area (Å²) < 4.78 is 16.3. The van der Waals surface area contributed by atoms with Gasteiger partial charge in [-0.25, -0.2) is 0 Å². The first kappa shape index (κ1) is 21.4. The van der Waals surface area contributed by atoms with Crippen molar-refractivity contribution in [1.29, 1.82) is 0 Å². The second kappa shape index (κ2) is 11.1. The highest BCUT2D eigenvalue weighted by molar-refractivity contribution is 5.80. The monoisotopic (exact) mass is 385 g/mol. The summed E-state index contributed by atoms with van der Waals surface area (Å²) in [7, 11) is 6.66. The van der Waals surface area contributed by atoms with Crippen molar-refractivity contribution in [1.82, 2.24) is 10.6 Å². The first-order valence-corrected chi connectivity index (χ1v) is 9.41. The Morgan fingerprint density at radius 3 is 2.18 bits per heavy atom. The predicted octanol–water partition coefficient (Wildman–Crippen LogP) is 3.40. The van der Waals surface area contributed by atoms with Crippen LogP contribution in [0.2, 0.25) is 0 Å². The first-order chi connectivity index (χ1) is 13.6. The Morgan fingerprint density at radius 2 is 1.64 bits per heavy atom. The molecule has 0 bridgehead atoms. The fraction of sp³-hybridized carbons (Fsp3) is 0.409. The lowest BCUT2D eigenvalue weighted by Gasteiger charge is -2.20. The van der Waals surface area contributed by atoms with Gasteiger partial charge >= 0.3 is 0 Å². The molecule has 0 aliphatic carbocycles. The summed E-state index contributed by atoms with van der Waals surface area (Å²) in [5, 5.41) is 6.78. The Kier molecular flexibility index (Phi) is 8.46. The average molecular weight is 386 g/mol. The van der Waals surface area contributed by atoms with Crippen LogP contribution < -0.4 is 24.8 Å². The zero-order valence-corrected chi connectivity index (χ0v) is 17.4. The number of aliphatic imine (C=N–C) groups is 1. The lowest BCUT2D eigenvalue weighted by molar-refractivity contribution is 0.368. The SMILES string of the molecule is CN=C(NCc1c(OC)cc(OC)cc1OC)NC(C)CCc1ccccc1. The van der Waals surface area contributed by atoms with E-state index in [1.54, 1.807) is 28.4 Å². The predicted molar refractivity (Wildman–Crippen MR) is 114 cm³/mol. The molecule has 0 aliphatic heterocycles. The second-order valence-electron chi connectivity index (χ2n) is 6.51. The lowest BCUT2D eigenvalue weighted by Crippen LogP contribution is -2.42. The number of rotatable bonds is 9. The van der Waals surface area contributed by atoms with Crippen LogP contribution in [0.1, 0.15) is 24.5 Å². The molecular weight excluding hydrogens is 354 g/mol. The maximum Gasteiger partial charge on any atom is 0.191 e. The molecule has 0 fully saturated rings. The van der Waals surface area contributed by atoms with Crippen LogP contribution in [-0.2, 0) is 13.0 Å². The highest BCUT2D eigenvalue weighted by Gasteiger charge is 2.14. The molecule has 0 spiro atoms. The van der Waals surface area contributed by atoms with Crippen molar-refractivity contribution in [3.05, 3.63) is 53.6 Å². The number of nitrogens with zero attached hydrogens (tertiary/aromatic N) is 1. The van der Waals surface area contributed by atoms with Gasteiger partial charge in [-0.05, 0) is 25.3 Å². The maximum atomic E-state index is 5.50. The van der Waals surface area contributed by atoms with Gasteiger partial charge in [-0.2, -0.15) is 0 Å². The zero-order chi connectivity index (χ0) is 20.4. The van der Waals surface area contributed by atoms with E-state index < -0.39 is 0 Å². The number of aryl methyl sites for hydroxylation is 1. The van der Waals surface area contributed by atoms with E-state index in [-0.39, 0.29) is 6.04 Å². The number of guanidine groups is 1. The van der Waals surface area contributed by atoms with Crippen molar-refractivity contribution in [3.8, 4) is 17.2 Å². The summed E-state index contributed by atoms with van der Waals surface area (Å²) in [4.78, 5) is 4.33. The molecule has 0 saturated heterocycles. The number of ether oxygens (including phenoxy) is 3. The van der Waals surface area contributed by atoms with Crippen LogP contribution in [0.4, 0.5) is 0 Å². The van der Waals surface area contributed by atoms with Gasteiger partial charge in [0, 0.05) is 25.2 Å². The minimum atomic E-state index is 0.283. The van der Waals surface area contributed by atoms with Crippen LogP contribution >= 0.6 is 0 Å². The molecule has 0 heterocycles. The van der Waals surface area contributed by atoms with E-state index >= 15 is 0 Å². The number of nitrogens with one attached hydrogen (secondary N) is 2. The summed E-state index contributed by atoms with van der Waals surface area (Å²) in [6.45, 7) is 2.67. The van der Waals surface area contributed by atoms with Crippen LogP contribution in [0, 0.1) is 0 Å². The molecular formula is C22H31N3O3. The topological polar surface area (TPSA) is 64.1 Å². The average Bonchev–Trinajstić information content (AvgIpc) is 2.75. The third-order valence-electron chi connectivity index (χ3n) is 4.57. The Balaban J connectivity index is 1.96. The quantitative estimate of drug-likeness (QED) is 0.512. The van der Waals surface area contributed by atoms with Crippen LogP contribution in [0.5, 0.6) is 17.2 Å². The number of hydrogen-bond donors (Lipinski definition) is 2. The van der Waals surface area contributed by atoms with Gasteiger partial charge in [0.05, 0.1) is 33.4 Å². The zero-order valence-electron chi connectivity index (χ0n) is 17.4. The molecule has 1 atom stereocenters. The Hall–Kier alpha value is -2.89. The fourth-order valence-electron chi connectivity index (χ4n) is 2.95. The van der Waals surface area contributed by atoms with Crippen LogP contribution in [-0.4, -0.2) is 40.4 Å². The van der Waals surface area contributed by atoms with Crippen LogP contribution in [0.25, 0.3) is 0 Å². The maximum absolute atomic E-state index is 5.50. The van der Waals surface area contributed by atoms with Crippen molar-refractivity contribution in [2.45, 2.75) is 32.4 Å². The van der Waals surface area contributed by atoms with Gasteiger partial charge in [0.2, 0.25) is 0 Å². The van der Waals surface area contributed by atoms with Crippen molar-refractivity contribution < 1.29 is 14.2 Å². The van der Waals surface area contributed by atoms with Crippen LogP contribution in [0.3, 0.4) is 0 Å². The standard InChI is InChI=1S/C22H31N3O3/c1-16(11-12-17-9-7-6-8-10-17)25-22(23-2)24-15-19-20(27-4)13-18(26-3)14-21(19)28-5/h6-10,13-14,16H,11-12,15H2,1-5H3,(H2,23,24,25). The Morgan fingerprint density at radius 1 is 1.00 bits per heavy atom. The summed E-state index contributed by atoms with van der Waals surface area (Å²) in [5.41, 5.74) is 2.25. The fourth-order valence-corrected chi connectivity index (χ4v) is 2.95. The molecule has 28 heavy (non-hydrogen) atoms. The van der Waals surface area contributed by atoms with Crippen LogP contribution in [0.15, 0.2) is 47.5 Å². The molecule has 6 heteroatoms. The molecule has 0 aromatic heterocycles. The first-order valence-electron chi connectivity index (χ1n) is 9.41. The summed E-state index contributed by atoms with van der Waals surface area (Å²) in [6.07, 6.45) is 2.03. The highest BCUT2D eigenvalue weighted by Crippen LogP contribution is 2.33. The van der Waals surface area contributed by atoms with Crippen molar-refractivity contribution in [2.75, 3.05) is 28.4 Å². The van der Waals surface area contributed by atoms with E-state index in [1.165, 1.54) is 5.56 Å². The molecule has 2 aromatic rings. The Bertz CT molecular complexity index is 738. The normalized spacial score (nSPS) is 12.2. The van der Waals surface area contributed by atoms with E-state index in [0.29, 0.717) is 23.8 Å². The van der Waals surface area contributed by atoms with E-state index in [9.17, 15) is 0 Å². The summed E-state index contributed by atoms with van der Waals surface area (Å²) in [6, 6.07) is 14.5. The highest BCUT2D eigenvalue weighted by atomic mass is 16.5. The van der Waals surface area contributed by atoms with Gasteiger partial charge in [-0.1, -0.05) is 30.3 Å².